The van der Waals surface area contributed by atoms with Crippen LogP contribution in [-0.2, 0) is 16.6 Å². The number of carbonyl (C=O) groups is 1. The molecule has 0 aliphatic carbocycles. The first-order valence-corrected chi connectivity index (χ1v) is 10.9. The Labute approximate surface area is 170 Å². The van der Waals surface area contributed by atoms with Crippen molar-refractivity contribution in [1.82, 2.24) is 20.1 Å². The smallest absolute Gasteiger partial charge is 0.230 e. The van der Waals surface area contributed by atoms with E-state index in [1.807, 2.05) is 11.6 Å². The Balaban J connectivity index is 1.56. The minimum Gasteiger partial charge on any atom is -0.376 e. The van der Waals surface area contributed by atoms with E-state index in [0.29, 0.717) is 12.3 Å². The van der Waals surface area contributed by atoms with Crippen LogP contribution in [0.2, 0.25) is 0 Å². The summed E-state index contributed by atoms with van der Waals surface area (Å²) in [5.41, 5.74) is 2.22. The Hall–Kier alpha value is -2.06. The molecular weight excluding hydrogens is 374 g/mol. The van der Waals surface area contributed by atoms with E-state index in [4.69, 9.17) is 4.74 Å². The summed E-state index contributed by atoms with van der Waals surface area (Å²) < 4.78 is 7.46. The van der Waals surface area contributed by atoms with Crippen LogP contribution in [0.25, 0.3) is 11.4 Å². The predicted molar refractivity (Wildman–Crippen MR) is 113 cm³/mol. The van der Waals surface area contributed by atoms with Crippen LogP contribution in [0.5, 0.6) is 0 Å². The van der Waals surface area contributed by atoms with E-state index in [1.54, 1.807) is 0 Å². The Morgan fingerprint density at radius 3 is 2.68 bits per heavy atom. The second-order valence-corrected chi connectivity index (χ2v) is 7.75. The molecule has 1 fully saturated rings. The number of hydrogen-bond donors (Lipinski definition) is 1. The number of thioether (sulfide) groups is 1. The van der Waals surface area contributed by atoms with Gasteiger partial charge in [0.05, 0.1) is 11.9 Å². The molecule has 8 heteroatoms. The van der Waals surface area contributed by atoms with Crippen LogP contribution in [0.1, 0.15) is 26.7 Å². The van der Waals surface area contributed by atoms with Gasteiger partial charge in [-0.05, 0) is 51.0 Å². The molecule has 2 aromatic rings. The van der Waals surface area contributed by atoms with Gasteiger partial charge in [0.25, 0.3) is 0 Å². The van der Waals surface area contributed by atoms with E-state index in [1.165, 1.54) is 17.4 Å². The maximum absolute atomic E-state index is 12.1. The molecule has 28 heavy (non-hydrogen) atoms. The summed E-state index contributed by atoms with van der Waals surface area (Å²) in [4.78, 5) is 14.4. The first-order valence-electron chi connectivity index (χ1n) is 9.88. The Morgan fingerprint density at radius 2 is 2.04 bits per heavy atom. The molecule has 0 spiro atoms. The van der Waals surface area contributed by atoms with E-state index in [-0.39, 0.29) is 12.0 Å². The predicted octanol–water partition coefficient (Wildman–Crippen LogP) is 2.72. The lowest BCUT2D eigenvalue weighted by Crippen LogP contribution is -2.32. The van der Waals surface area contributed by atoms with E-state index < -0.39 is 0 Å². The molecular formula is C20H29N5O2S. The minimum absolute atomic E-state index is 0.00590. The molecule has 1 aliphatic rings. The van der Waals surface area contributed by atoms with Gasteiger partial charge in [-0.1, -0.05) is 11.8 Å². The zero-order valence-electron chi connectivity index (χ0n) is 16.9. The van der Waals surface area contributed by atoms with Crippen LogP contribution in [-0.4, -0.2) is 58.8 Å². The quantitative estimate of drug-likeness (QED) is 0.649. The summed E-state index contributed by atoms with van der Waals surface area (Å²) in [7, 11) is 1.93. The lowest BCUT2D eigenvalue weighted by atomic mass is 10.2. The molecule has 1 aromatic carbocycles. The van der Waals surface area contributed by atoms with Crippen LogP contribution >= 0.6 is 11.8 Å². The Morgan fingerprint density at radius 1 is 1.29 bits per heavy atom. The van der Waals surface area contributed by atoms with Crippen LogP contribution in [0.3, 0.4) is 0 Å². The number of anilines is 1. The number of nitrogens with zero attached hydrogens (tertiary/aromatic N) is 4. The highest BCUT2D eigenvalue weighted by Crippen LogP contribution is 2.25. The van der Waals surface area contributed by atoms with Gasteiger partial charge in [0.2, 0.25) is 5.91 Å². The number of hydrogen-bond acceptors (Lipinski definition) is 6. The van der Waals surface area contributed by atoms with Gasteiger partial charge in [0, 0.05) is 44.5 Å². The second kappa shape index (κ2) is 9.93. The summed E-state index contributed by atoms with van der Waals surface area (Å²) >= 11 is 1.40. The third-order valence-electron chi connectivity index (χ3n) is 4.97. The van der Waals surface area contributed by atoms with Gasteiger partial charge < -0.3 is 19.5 Å². The van der Waals surface area contributed by atoms with Crippen molar-refractivity contribution >= 4 is 23.4 Å². The molecule has 1 unspecified atom stereocenters. The minimum atomic E-state index is -0.00590. The molecule has 0 saturated carbocycles. The lowest BCUT2D eigenvalue weighted by Gasteiger charge is -2.21. The van der Waals surface area contributed by atoms with Crippen molar-refractivity contribution in [2.24, 2.45) is 7.05 Å². The number of amides is 1. The maximum atomic E-state index is 12.1. The summed E-state index contributed by atoms with van der Waals surface area (Å²) in [5.74, 6) is 1.11. The third-order valence-corrected chi connectivity index (χ3v) is 5.99. The molecule has 1 saturated heterocycles. The highest BCUT2D eigenvalue weighted by Gasteiger charge is 2.17. The molecule has 1 N–H and O–H groups in total. The topological polar surface area (TPSA) is 72.3 Å². The molecule has 3 rings (SSSR count). The van der Waals surface area contributed by atoms with E-state index in [0.717, 1.165) is 49.1 Å². The highest BCUT2D eigenvalue weighted by atomic mass is 32.2. The van der Waals surface area contributed by atoms with Gasteiger partial charge in [0.15, 0.2) is 11.0 Å². The van der Waals surface area contributed by atoms with Crippen molar-refractivity contribution in [3.8, 4) is 11.4 Å². The molecule has 1 aliphatic heterocycles. The molecule has 0 bridgehead atoms. The molecule has 1 aromatic heterocycles. The normalized spacial score (nSPS) is 16.3. The first kappa shape index (κ1) is 20.7. The standard InChI is InChI=1S/C20H29N5O2S/c1-4-25(5-2)16-10-8-15(9-11-16)19-22-23-20(24(19)3)28-14-18(26)21-13-17-7-6-12-27-17/h8-11,17H,4-7,12-14H2,1-3H3,(H,21,26). The molecule has 2 heterocycles. The average Bonchev–Trinajstić information content (AvgIpc) is 3.36. The zero-order valence-corrected chi connectivity index (χ0v) is 17.7. The largest absolute Gasteiger partial charge is 0.376 e. The SMILES string of the molecule is CCN(CC)c1ccc(-c2nnc(SCC(=O)NCC3CCCO3)n2C)cc1. The van der Waals surface area contributed by atoms with Crippen LogP contribution in [0.15, 0.2) is 29.4 Å². The average molecular weight is 404 g/mol. The summed E-state index contributed by atoms with van der Waals surface area (Å²) in [5, 5.41) is 12.2. The van der Waals surface area contributed by atoms with Crippen molar-refractivity contribution in [3.05, 3.63) is 24.3 Å². The van der Waals surface area contributed by atoms with Crippen LogP contribution in [0, 0.1) is 0 Å². The maximum Gasteiger partial charge on any atom is 0.230 e. The van der Waals surface area contributed by atoms with Crippen molar-refractivity contribution < 1.29 is 9.53 Å². The van der Waals surface area contributed by atoms with Gasteiger partial charge >= 0.3 is 0 Å². The number of ether oxygens (including phenoxy) is 1. The lowest BCUT2D eigenvalue weighted by molar-refractivity contribution is -0.119. The number of aromatic nitrogens is 3. The van der Waals surface area contributed by atoms with Gasteiger partial charge in [-0.25, -0.2) is 0 Å². The van der Waals surface area contributed by atoms with Crippen LogP contribution < -0.4 is 10.2 Å². The number of nitrogens with one attached hydrogen (secondary N) is 1. The number of rotatable bonds is 9. The fourth-order valence-electron chi connectivity index (χ4n) is 3.32. The van der Waals surface area contributed by atoms with Crippen molar-refractivity contribution in [2.75, 3.05) is 36.9 Å². The van der Waals surface area contributed by atoms with Crippen molar-refractivity contribution in [2.45, 2.75) is 37.9 Å². The van der Waals surface area contributed by atoms with E-state index in [2.05, 4.69) is 58.5 Å². The summed E-state index contributed by atoms with van der Waals surface area (Å²) in [6, 6.07) is 8.37. The third kappa shape index (κ3) is 5.05. The Bertz CT molecular complexity index is 767. The monoisotopic (exact) mass is 403 g/mol. The first-order chi connectivity index (χ1) is 13.6. The fourth-order valence-corrected chi connectivity index (χ4v) is 4.06. The van der Waals surface area contributed by atoms with Crippen molar-refractivity contribution in [1.29, 1.82) is 0 Å². The number of benzene rings is 1. The molecule has 1 atom stereocenters. The fraction of sp³-hybridized carbons (Fsp3) is 0.550. The molecule has 0 radical (unpaired) electrons. The van der Waals surface area contributed by atoms with Gasteiger partial charge in [-0.2, -0.15) is 0 Å². The second-order valence-electron chi connectivity index (χ2n) is 6.81. The Kier molecular flexibility index (Phi) is 7.33. The van der Waals surface area contributed by atoms with Crippen molar-refractivity contribution in [3.63, 3.8) is 0 Å². The highest BCUT2D eigenvalue weighted by molar-refractivity contribution is 7.99. The summed E-state index contributed by atoms with van der Waals surface area (Å²) in [6.07, 6.45) is 2.26. The van der Waals surface area contributed by atoms with Gasteiger partial charge in [0.1, 0.15) is 0 Å². The van der Waals surface area contributed by atoms with Gasteiger partial charge in [-0.3, -0.25) is 4.79 Å². The van der Waals surface area contributed by atoms with Crippen LogP contribution in [0.4, 0.5) is 5.69 Å². The summed E-state index contributed by atoms with van der Waals surface area (Å²) in [6.45, 7) is 7.65. The van der Waals surface area contributed by atoms with E-state index >= 15 is 0 Å². The molecule has 1 amide bonds. The number of carbonyl (C=O) groups excluding carboxylic acids is 1. The van der Waals surface area contributed by atoms with Gasteiger partial charge in [-0.15, -0.1) is 10.2 Å². The molecule has 152 valence electrons. The zero-order chi connectivity index (χ0) is 19.9. The van der Waals surface area contributed by atoms with E-state index in [9.17, 15) is 4.79 Å². The molecule has 7 nitrogen and oxygen atoms in total.